The summed E-state index contributed by atoms with van der Waals surface area (Å²) in [5.74, 6) is 1.62. The predicted octanol–water partition coefficient (Wildman–Crippen LogP) is 4.62. The van der Waals surface area contributed by atoms with Crippen molar-refractivity contribution in [3.63, 3.8) is 0 Å². The second-order valence-corrected chi connectivity index (χ2v) is 6.05. The van der Waals surface area contributed by atoms with Crippen LogP contribution in [0.15, 0.2) is 48.5 Å². The van der Waals surface area contributed by atoms with Gasteiger partial charge in [-0.05, 0) is 48.1 Å². The Balaban J connectivity index is 1.65. The standard InChI is InChI=1S/C19H23NO/c1-14(2)16-9-8-15-10-11-18(21-19(15)12-16)13-20-17-6-4-3-5-7-17/h3-9,12,14,18,20H,10-11,13H2,1-2H3. The van der Waals surface area contributed by atoms with E-state index in [9.17, 15) is 0 Å². The third-order valence-electron chi connectivity index (χ3n) is 4.09. The maximum atomic E-state index is 6.18. The zero-order valence-electron chi connectivity index (χ0n) is 12.8. The summed E-state index contributed by atoms with van der Waals surface area (Å²) < 4.78 is 6.18. The Morgan fingerprint density at radius 3 is 2.71 bits per heavy atom. The summed E-state index contributed by atoms with van der Waals surface area (Å²) in [5.41, 5.74) is 3.85. The molecule has 1 unspecified atom stereocenters. The molecule has 1 heterocycles. The van der Waals surface area contributed by atoms with Gasteiger partial charge in [-0.3, -0.25) is 0 Å². The Kier molecular flexibility index (Phi) is 4.14. The Labute approximate surface area is 127 Å². The molecule has 3 rings (SSSR count). The molecule has 21 heavy (non-hydrogen) atoms. The van der Waals surface area contributed by atoms with Crippen molar-refractivity contribution in [2.75, 3.05) is 11.9 Å². The lowest BCUT2D eigenvalue weighted by molar-refractivity contribution is 0.185. The number of hydrogen-bond donors (Lipinski definition) is 1. The van der Waals surface area contributed by atoms with Crippen molar-refractivity contribution in [3.8, 4) is 5.75 Å². The van der Waals surface area contributed by atoms with Crippen molar-refractivity contribution in [1.82, 2.24) is 0 Å². The molecule has 2 nitrogen and oxygen atoms in total. The van der Waals surface area contributed by atoms with Crippen molar-refractivity contribution in [2.45, 2.75) is 38.7 Å². The van der Waals surface area contributed by atoms with Gasteiger partial charge in [-0.2, -0.15) is 0 Å². The topological polar surface area (TPSA) is 21.3 Å². The first-order valence-electron chi connectivity index (χ1n) is 7.81. The van der Waals surface area contributed by atoms with Crippen LogP contribution in [0.2, 0.25) is 0 Å². The van der Waals surface area contributed by atoms with E-state index in [-0.39, 0.29) is 6.10 Å². The molecule has 0 bridgehead atoms. The lowest BCUT2D eigenvalue weighted by Crippen LogP contribution is -2.30. The Bertz CT molecular complexity index is 592. The van der Waals surface area contributed by atoms with Gasteiger partial charge < -0.3 is 10.1 Å². The summed E-state index contributed by atoms with van der Waals surface area (Å²) in [5, 5.41) is 3.46. The van der Waals surface area contributed by atoms with Crippen LogP contribution >= 0.6 is 0 Å². The van der Waals surface area contributed by atoms with Crippen LogP contribution in [0.1, 0.15) is 37.3 Å². The van der Waals surface area contributed by atoms with Gasteiger partial charge in [-0.1, -0.05) is 44.2 Å². The number of hydrogen-bond acceptors (Lipinski definition) is 2. The normalized spacial score (nSPS) is 17.2. The Morgan fingerprint density at radius 2 is 1.95 bits per heavy atom. The van der Waals surface area contributed by atoms with E-state index in [0.29, 0.717) is 5.92 Å². The quantitative estimate of drug-likeness (QED) is 0.883. The zero-order chi connectivity index (χ0) is 14.7. The van der Waals surface area contributed by atoms with E-state index < -0.39 is 0 Å². The number of nitrogens with one attached hydrogen (secondary N) is 1. The summed E-state index contributed by atoms with van der Waals surface area (Å²) in [6.07, 6.45) is 2.43. The number of benzene rings is 2. The van der Waals surface area contributed by atoms with Crippen molar-refractivity contribution < 1.29 is 4.74 Å². The monoisotopic (exact) mass is 281 g/mol. The largest absolute Gasteiger partial charge is 0.488 e. The average molecular weight is 281 g/mol. The molecular weight excluding hydrogens is 258 g/mol. The molecule has 1 N–H and O–H groups in total. The molecule has 1 atom stereocenters. The van der Waals surface area contributed by atoms with Crippen LogP contribution in [0, 0.1) is 0 Å². The summed E-state index contributed by atoms with van der Waals surface area (Å²) in [4.78, 5) is 0. The summed E-state index contributed by atoms with van der Waals surface area (Å²) in [6.45, 7) is 5.30. The minimum absolute atomic E-state index is 0.250. The second kappa shape index (κ2) is 6.21. The summed E-state index contributed by atoms with van der Waals surface area (Å²) >= 11 is 0. The van der Waals surface area contributed by atoms with Crippen LogP contribution < -0.4 is 10.1 Å². The number of para-hydroxylation sites is 1. The van der Waals surface area contributed by atoms with Gasteiger partial charge in [0.1, 0.15) is 11.9 Å². The van der Waals surface area contributed by atoms with E-state index in [1.165, 1.54) is 11.1 Å². The van der Waals surface area contributed by atoms with Crippen LogP contribution in [-0.4, -0.2) is 12.6 Å². The molecule has 110 valence electrons. The first-order valence-corrected chi connectivity index (χ1v) is 7.81. The summed E-state index contributed by atoms with van der Waals surface area (Å²) in [6, 6.07) is 17.0. The molecule has 2 heteroatoms. The number of rotatable bonds is 4. The number of fused-ring (bicyclic) bond motifs is 1. The van der Waals surface area contributed by atoms with Crippen LogP contribution in [0.25, 0.3) is 0 Å². The number of aryl methyl sites for hydroxylation is 1. The van der Waals surface area contributed by atoms with Crippen LogP contribution in [0.4, 0.5) is 5.69 Å². The minimum atomic E-state index is 0.250. The number of anilines is 1. The van der Waals surface area contributed by atoms with E-state index in [1.807, 2.05) is 18.2 Å². The molecule has 0 radical (unpaired) electrons. The lowest BCUT2D eigenvalue weighted by Gasteiger charge is -2.27. The lowest BCUT2D eigenvalue weighted by atomic mass is 9.96. The highest BCUT2D eigenvalue weighted by Gasteiger charge is 2.20. The van der Waals surface area contributed by atoms with Crippen molar-refractivity contribution in [2.24, 2.45) is 0 Å². The van der Waals surface area contributed by atoms with Crippen molar-refractivity contribution in [1.29, 1.82) is 0 Å². The molecule has 2 aromatic carbocycles. The van der Waals surface area contributed by atoms with Gasteiger partial charge in [0, 0.05) is 5.69 Å². The fourth-order valence-electron chi connectivity index (χ4n) is 2.73. The molecule has 0 aliphatic carbocycles. The molecule has 2 aromatic rings. The van der Waals surface area contributed by atoms with E-state index in [0.717, 1.165) is 30.8 Å². The molecule has 0 fully saturated rings. The second-order valence-electron chi connectivity index (χ2n) is 6.05. The highest BCUT2D eigenvalue weighted by Crippen LogP contribution is 2.31. The molecule has 0 amide bonds. The van der Waals surface area contributed by atoms with E-state index in [2.05, 4.69) is 49.5 Å². The molecule has 0 saturated heterocycles. The van der Waals surface area contributed by atoms with Gasteiger partial charge in [-0.15, -0.1) is 0 Å². The zero-order valence-corrected chi connectivity index (χ0v) is 12.8. The molecule has 1 aliphatic heterocycles. The highest BCUT2D eigenvalue weighted by molar-refractivity contribution is 5.43. The third kappa shape index (κ3) is 3.38. The highest BCUT2D eigenvalue weighted by atomic mass is 16.5. The number of ether oxygens (including phenoxy) is 1. The van der Waals surface area contributed by atoms with Crippen molar-refractivity contribution >= 4 is 5.69 Å². The summed E-state index contributed by atoms with van der Waals surface area (Å²) in [7, 11) is 0. The Hall–Kier alpha value is -1.96. The van der Waals surface area contributed by atoms with Crippen LogP contribution in [0.5, 0.6) is 5.75 Å². The van der Waals surface area contributed by atoms with E-state index >= 15 is 0 Å². The van der Waals surface area contributed by atoms with E-state index in [4.69, 9.17) is 4.74 Å². The van der Waals surface area contributed by atoms with Crippen LogP contribution in [0.3, 0.4) is 0 Å². The van der Waals surface area contributed by atoms with Crippen molar-refractivity contribution in [3.05, 3.63) is 59.7 Å². The van der Waals surface area contributed by atoms with Gasteiger partial charge in [0.2, 0.25) is 0 Å². The Morgan fingerprint density at radius 1 is 1.14 bits per heavy atom. The molecule has 1 aliphatic rings. The SMILES string of the molecule is CC(C)c1ccc2c(c1)OC(CNc1ccccc1)CC2. The van der Waals surface area contributed by atoms with Gasteiger partial charge in [0.05, 0.1) is 6.54 Å². The predicted molar refractivity (Wildman–Crippen MR) is 88.2 cm³/mol. The first-order chi connectivity index (χ1) is 10.2. The molecule has 0 aromatic heterocycles. The van der Waals surface area contributed by atoms with Gasteiger partial charge in [-0.25, -0.2) is 0 Å². The fraction of sp³-hybridized carbons (Fsp3) is 0.368. The molecular formula is C19H23NO. The van der Waals surface area contributed by atoms with Gasteiger partial charge in [0.15, 0.2) is 0 Å². The first kappa shape index (κ1) is 14.0. The minimum Gasteiger partial charge on any atom is -0.488 e. The van der Waals surface area contributed by atoms with Gasteiger partial charge >= 0.3 is 0 Å². The van der Waals surface area contributed by atoms with E-state index in [1.54, 1.807) is 0 Å². The van der Waals surface area contributed by atoms with Gasteiger partial charge in [0.25, 0.3) is 0 Å². The molecule has 0 saturated carbocycles. The maximum absolute atomic E-state index is 6.18. The molecule has 0 spiro atoms. The maximum Gasteiger partial charge on any atom is 0.123 e. The third-order valence-corrected chi connectivity index (χ3v) is 4.09. The average Bonchev–Trinajstić information content (AvgIpc) is 2.53. The fourth-order valence-corrected chi connectivity index (χ4v) is 2.73. The van der Waals surface area contributed by atoms with Crippen LogP contribution in [-0.2, 0) is 6.42 Å². The smallest absolute Gasteiger partial charge is 0.123 e.